The van der Waals surface area contributed by atoms with E-state index in [1.165, 1.54) is 0 Å². The van der Waals surface area contributed by atoms with Crippen molar-refractivity contribution in [2.24, 2.45) is 0 Å². The number of ether oxygens (including phenoxy) is 2. The van der Waals surface area contributed by atoms with Crippen LogP contribution in [0.4, 0.5) is 0 Å². The molecule has 1 aliphatic heterocycles. The first-order valence-corrected chi connectivity index (χ1v) is 4.08. The summed E-state index contributed by atoms with van der Waals surface area (Å²) in [6.45, 7) is 2.23. The summed E-state index contributed by atoms with van der Waals surface area (Å²) in [6.07, 6.45) is 0.373. The van der Waals surface area contributed by atoms with Crippen LogP contribution in [-0.2, 0) is 6.42 Å². The maximum Gasteiger partial charge on any atom is 0.231 e. The molecular formula is C10H9NO2. The van der Waals surface area contributed by atoms with Crippen LogP contribution < -0.4 is 9.47 Å². The van der Waals surface area contributed by atoms with Crippen molar-refractivity contribution in [1.82, 2.24) is 0 Å². The Balaban J connectivity index is 2.53. The molecule has 3 nitrogen and oxygen atoms in total. The predicted molar refractivity (Wildman–Crippen MR) is 46.6 cm³/mol. The molecular weight excluding hydrogens is 166 g/mol. The molecule has 0 unspecified atom stereocenters. The summed E-state index contributed by atoms with van der Waals surface area (Å²) in [7, 11) is 0. The summed E-state index contributed by atoms with van der Waals surface area (Å²) in [5, 5.41) is 8.63. The summed E-state index contributed by atoms with van der Waals surface area (Å²) in [4.78, 5) is 0. The Morgan fingerprint density at radius 1 is 1.46 bits per heavy atom. The van der Waals surface area contributed by atoms with Crippen LogP contribution in [0.15, 0.2) is 12.1 Å². The zero-order chi connectivity index (χ0) is 9.26. The van der Waals surface area contributed by atoms with E-state index in [0.29, 0.717) is 6.42 Å². The van der Waals surface area contributed by atoms with Crippen LogP contribution >= 0.6 is 0 Å². The van der Waals surface area contributed by atoms with E-state index in [4.69, 9.17) is 14.7 Å². The van der Waals surface area contributed by atoms with E-state index in [9.17, 15) is 0 Å². The molecule has 0 bridgehead atoms. The third-order valence-electron chi connectivity index (χ3n) is 2.13. The Hall–Kier alpha value is -1.69. The first-order chi connectivity index (χ1) is 6.33. The highest BCUT2D eigenvalue weighted by Crippen LogP contribution is 2.37. The molecule has 1 heterocycles. The molecule has 3 heteroatoms. The van der Waals surface area contributed by atoms with Gasteiger partial charge in [0.1, 0.15) is 0 Å². The summed E-state index contributed by atoms with van der Waals surface area (Å²) in [5.41, 5.74) is 2.02. The SMILES string of the molecule is Cc1ccc2c(c1CC#N)OCO2. The van der Waals surface area contributed by atoms with Gasteiger partial charge in [0.15, 0.2) is 11.5 Å². The average molecular weight is 175 g/mol. The first kappa shape index (κ1) is 7.93. The van der Waals surface area contributed by atoms with Gasteiger partial charge in [-0.25, -0.2) is 0 Å². The normalized spacial score (nSPS) is 12.6. The number of hydrogen-bond acceptors (Lipinski definition) is 3. The number of aryl methyl sites for hydroxylation is 1. The topological polar surface area (TPSA) is 42.2 Å². The van der Waals surface area contributed by atoms with E-state index in [0.717, 1.165) is 22.6 Å². The Bertz CT molecular complexity index is 379. The number of hydrogen-bond donors (Lipinski definition) is 0. The zero-order valence-electron chi connectivity index (χ0n) is 7.33. The molecule has 2 rings (SSSR count). The van der Waals surface area contributed by atoms with Crippen molar-refractivity contribution in [3.8, 4) is 17.6 Å². The highest BCUT2D eigenvalue weighted by atomic mass is 16.7. The monoisotopic (exact) mass is 175 g/mol. The second-order valence-corrected chi connectivity index (χ2v) is 2.93. The molecule has 0 spiro atoms. The van der Waals surface area contributed by atoms with Gasteiger partial charge in [0.05, 0.1) is 12.5 Å². The second-order valence-electron chi connectivity index (χ2n) is 2.93. The maximum absolute atomic E-state index is 8.63. The highest BCUT2D eigenvalue weighted by Gasteiger charge is 2.18. The third kappa shape index (κ3) is 1.20. The number of rotatable bonds is 1. The maximum atomic E-state index is 8.63. The average Bonchev–Trinajstić information content (AvgIpc) is 2.58. The van der Waals surface area contributed by atoms with Crippen molar-refractivity contribution < 1.29 is 9.47 Å². The van der Waals surface area contributed by atoms with Gasteiger partial charge < -0.3 is 9.47 Å². The lowest BCUT2D eigenvalue weighted by molar-refractivity contribution is 0.173. The third-order valence-corrected chi connectivity index (χ3v) is 2.13. The molecule has 0 atom stereocenters. The molecule has 0 amide bonds. The fourth-order valence-corrected chi connectivity index (χ4v) is 1.43. The summed E-state index contributed by atoms with van der Waals surface area (Å²) in [5.74, 6) is 1.48. The van der Waals surface area contributed by atoms with E-state index >= 15 is 0 Å². The lowest BCUT2D eigenvalue weighted by atomic mass is 10.0. The van der Waals surface area contributed by atoms with E-state index in [2.05, 4.69) is 6.07 Å². The number of fused-ring (bicyclic) bond motifs is 1. The van der Waals surface area contributed by atoms with E-state index in [1.807, 2.05) is 19.1 Å². The highest BCUT2D eigenvalue weighted by molar-refractivity contribution is 5.52. The number of benzene rings is 1. The van der Waals surface area contributed by atoms with Crippen LogP contribution in [0.1, 0.15) is 11.1 Å². The van der Waals surface area contributed by atoms with Crippen molar-refractivity contribution in [3.63, 3.8) is 0 Å². The van der Waals surface area contributed by atoms with E-state index < -0.39 is 0 Å². The molecule has 1 aliphatic rings. The second kappa shape index (κ2) is 2.98. The minimum absolute atomic E-state index is 0.261. The fraction of sp³-hybridized carbons (Fsp3) is 0.300. The van der Waals surface area contributed by atoms with E-state index in [-0.39, 0.29) is 6.79 Å². The zero-order valence-corrected chi connectivity index (χ0v) is 7.33. The molecule has 1 aromatic rings. The van der Waals surface area contributed by atoms with Crippen LogP contribution in [-0.4, -0.2) is 6.79 Å². The molecule has 0 N–H and O–H groups in total. The molecule has 0 fully saturated rings. The van der Waals surface area contributed by atoms with Crippen LogP contribution in [0.2, 0.25) is 0 Å². The fourth-order valence-electron chi connectivity index (χ4n) is 1.43. The van der Waals surface area contributed by atoms with Crippen LogP contribution in [0, 0.1) is 18.3 Å². The van der Waals surface area contributed by atoms with Gasteiger partial charge in [-0.3, -0.25) is 0 Å². The molecule has 0 aromatic heterocycles. The minimum atomic E-state index is 0.261. The van der Waals surface area contributed by atoms with Gasteiger partial charge in [-0.15, -0.1) is 0 Å². The van der Waals surface area contributed by atoms with Gasteiger partial charge in [0.2, 0.25) is 6.79 Å². The van der Waals surface area contributed by atoms with Crippen molar-refractivity contribution >= 4 is 0 Å². The van der Waals surface area contributed by atoms with Gasteiger partial charge in [-0.2, -0.15) is 5.26 Å². The Kier molecular flexibility index (Phi) is 1.82. The van der Waals surface area contributed by atoms with Gasteiger partial charge >= 0.3 is 0 Å². The predicted octanol–water partition coefficient (Wildman–Crippen LogP) is 1.79. The molecule has 0 aliphatic carbocycles. The largest absolute Gasteiger partial charge is 0.454 e. The van der Waals surface area contributed by atoms with E-state index in [1.54, 1.807) is 0 Å². The number of nitrogens with zero attached hydrogens (tertiary/aromatic N) is 1. The molecule has 0 saturated carbocycles. The Labute approximate surface area is 76.5 Å². The summed E-state index contributed by atoms with van der Waals surface area (Å²) >= 11 is 0. The standard InChI is InChI=1S/C10H9NO2/c1-7-2-3-9-10(13-6-12-9)8(7)4-5-11/h2-3H,4,6H2,1H3. The smallest absolute Gasteiger partial charge is 0.231 e. The Morgan fingerprint density at radius 2 is 2.31 bits per heavy atom. The summed E-state index contributed by atoms with van der Waals surface area (Å²) in [6, 6.07) is 5.94. The van der Waals surface area contributed by atoms with Crippen molar-refractivity contribution in [3.05, 3.63) is 23.3 Å². The molecule has 0 radical (unpaired) electrons. The van der Waals surface area contributed by atoms with Gasteiger partial charge in [0.25, 0.3) is 0 Å². The van der Waals surface area contributed by atoms with Crippen LogP contribution in [0.5, 0.6) is 11.5 Å². The molecule has 0 saturated heterocycles. The minimum Gasteiger partial charge on any atom is -0.454 e. The molecule has 1 aromatic carbocycles. The van der Waals surface area contributed by atoms with Crippen LogP contribution in [0.25, 0.3) is 0 Å². The lowest BCUT2D eigenvalue weighted by Crippen LogP contribution is -1.95. The lowest BCUT2D eigenvalue weighted by Gasteiger charge is -2.04. The summed E-state index contributed by atoms with van der Waals surface area (Å²) < 4.78 is 10.5. The van der Waals surface area contributed by atoms with Gasteiger partial charge in [-0.1, -0.05) is 6.07 Å². The molecule has 13 heavy (non-hydrogen) atoms. The molecule has 66 valence electrons. The van der Waals surface area contributed by atoms with Crippen molar-refractivity contribution in [1.29, 1.82) is 5.26 Å². The Morgan fingerprint density at radius 3 is 3.08 bits per heavy atom. The quantitative estimate of drug-likeness (QED) is 0.653. The number of nitriles is 1. The van der Waals surface area contributed by atoms with Crippen LogP contribution in [0.3, 0.4) is 0 Å². The van der Waals surface area contributed by atoms with Crippen molar-refractivity contribution in [2.45, 2.75) is 13.3 Å². The van der Waals surface area contributed by atoms with Crippen molar-refractivity contribution in [2.75, 3.05) is 6.79 Å². The van der Waals surface area contributed by atoms with Gasteiger partial charge in [0, 0.05) is 5.56 Å². The van der Waals surface area contributed by atoms with Gasteiger partial charge in [-0.05, 0) is 18.6 Å². The first-order valence-electron chi connectivity index (χ1n) is 4.08.